The van der Waals surface area contributed by atoms with Crippen molar-refractivity contribution >= 4 is 40.3 Å². The van der Waals surface area contributed by atoms with Crippen molar-refractivity contribution < 1.29 is 4.58 Å². The molecule has 120 valence electrons. The van der Waals surface area contributed by atoms with Crippen LogP contribution in [0.2, 0.25) is 0 Å². The fraction of sp³-hybridized carbons (Fsp3) is 0.350. The van der Waals surface area contributed by atoms with E-state index in [0.717, 1.165) is 13.1 Å². The van der Waals surface area contributed by atoms with Crippen LogP contribution in [0.5, 0.6) is 0 Å². The Labute approximate surface area is 153 Å². The summed E-state index contributed by atoms with van der Waals surface area (Å²) in [6.45, 7) is 13.1. The molecule has 0 saturated heterocycles. The Kier molecular flexibility index (Phi) is 4.50. The molecule has 0 amide bonds. The lowest BCUT2D eigenvalue weighted by atomic mass is 10.0. The van der Waals surface area contributed by atoms with Gasteiger partial charge in [0.1, 0.15) is 24.5 Å². The minimum atomic E-state index is 1.04. The van der Waals surface area contributed by atoms with Gasteiger partial charge in [-0.05, 0) is 91.6 Å². The predicted molar refractivity (Wildman–Crippen MR) is 107 cm³/mol. The highest BCUT2D eigenvalue weighted by molar-refractivity contribution is 14.1. The molecule has 3 rings (SSSR count). The topological polar surface area (TPSA) is 6.25 Å². The van der Waals surface area contributed by atoms with Crippen LogP contribution in [-0.2, 0) is 0 Å². The fourth-order valence-electron chi connectivity index (χ4n) is 3.82. The third-order valence-corrected chi connectivity index (χ3v) is 5.15. The first kappa shape index (κ1) is 16.5. The molecule has 0 unspecified atom stereocenters. The molecule has 0 aliphatic carbocycles. The number of rotatable bonds is 2. The Morgan fingerprint density at radius 2 is 1.43 bits per heavy atom. The van der Waals surface area contributed by atoms with Crippen LogP contribution in [0, 0.1) is 38.2 Å². The highest BCUT2D eigenvalue weighted by atomic mass is 127. The van der Waals surface area contributed by atoms with Gasteiger partial charge in [-0.15, -0.1) is 0 Å². The van der Waals surface area contributed by atoms with E-state index in [2.05, 4.69) is 97.3 Å². The van der Waals surface area contributed by atoms with Crippen LogP contribution in [-0.4, -0.2) is 24.0 Å². The second kappa shape index (κ2) is 6.27. The average Bonchev–Trinajstić information content (AvgIpc) is 2.85. The molecule has 3 heteroatoms. The summed E-state index contributed by atoms with van der Waals surface area (Å²) in [5.74, 6) is 0. The molecule has 0 aromatic heterocycles. The van der Waals surface area contributed by atoms with Crippen LogP contribution in [0.1, 0.15) is 27.8 Å². The molecule has 0 atom stereocenters. The van der Waals surface area contributed by atoms with Crippen molar-refractivity contribution in [1.82, 2.24) is 0 Å². The van der Waals surface area contributed by atoms with Crippen LogP contribution < -0.4 is 4.90 Å². The van der Waals surface area contributed by atoms with Crippen molar-refractivity contribution in [3.8, 4) is 0 Å². The maximum atomic E-state index is 2.40. The van der Waals surface area contributed by atoms with E-state index in [0.29, 0.717) is 0 Å². The summed E-state index contributed by atoms with van der Waals surface area (Å²) in [4.78, 5) is 2.40. The van der Waals surface area contributed by atoms with Gasteiger partial charge in [0, 0.05) is 3.57 Å². The second-order valence-corrected chi connectivity index (χ2v) is 7.88. The summed E-state index contributed by atoms with van der Waals surface area (Å²) in [5, 5.41) is 0. The second-order valence-electron chi connectivity index (χ2n) is 6.64. The maximum absolute atomic E-state index is 2.40. The molecule has 1 aliphatic rings. The van der Waals surface area contributed by atoms with E-state index >= 15 is 0 Å². The number of halogens is 1. The lowest BCUT2D eigenvalue weighted by molar-refractivity contribution is -0.425. The number of aryl methyl sites for hydroxylation is 5. The van der Waals surface area contributed by atoms with Crippen LogP contribution >= 0.6 is 22.6 Å². The fourth-order valence-corrected chi connectivity index (χ4v) is 4.75. The molecule has 0 spiro atoms. The summed E-state index contributed by atoms with van der Waals surface area (Å²) in [6.07, 6.45) is 2.28. The Morgan fingerprint density at radius 3 is 2.00 bits per heavy atom. The Hall–Kier alpha value is -1.36. The van der Waals surface area contributed by atoms with Crippen LogP contribution in [0.15, 0.2) is 24.3 Å². The van der Waals surface area contributed by atoms with Crippen molar-refractivity contribution in [2.45, 2.75) is 34.6 Å². The van der Waals surface area contributed by atoms with E-state index in [1.165, 1.54) is 42.8 Å². The van der Waals surface area contributed by atoms with E-state index in [9.17, 15) is 0 Å². The molecule has 2 aromatic rings. The molecule has 1 heterocycles. The molecule has 1 aliphatic heterocycles. The first-order valence-corrected chi connectivity index (χ1v) is 9.17. The average molecular weight is 419 g/mol. The van der Waals surface area contributed by atoms with Gasteiger partial charge in [-0.2, -0.15) is 0 Å². The Morgan fingerprint density at radius 1 is 0.870 bits per heavy atom. The van der Waals surface area contributed by atoms with E-state index in [-0.39, 0.29) is 0 Å². The highest BCUT2D eigenvalue weighted by Crippen LogP contribution is 2.30. The first-order chi connectivity index (χ1) is 10.9. The molecule has 2 nitrogen and oxygen atoms in total. The van der Waals surface area contributed by atoms with Gasteiger partial charge >= 0.3 is 0 Å². The first-order valence-electron chi connectivity index (χ1n) is 8.09. The van der Waals surface area contributed by atoms with Gasteiger partial charge in [-0.1, -0.05) is 17.7 Å². The molecule has 23 heavy (non-hydrogen) atoms. The zero-order valence-corrected chi connectivity index (χ0v) is 16.7. The molecular weight excluding hydrogens is 395 g/mol. The SMILES string of the molecule is Cc1cc(C)c([N+]2=CN(c3c(C)cc(I)cc3C)CC2)c(C)c1. The van der Waals surface area contributed by atoms with E-state index in [1.54, 1.807) is 0 Å². The molecule has 0 saturated carbocycles. The van der Waals surface area contributed by atoms with Gasteiger partial charge < -0.3 is 0 Å². The van der Waals surface area contributed by atoms with Gasteiger partial charge in [0.05, 0.1) is 0 Å². The summed E-state index contributed by atoms with van der Waals surface area (Å²) >= 11 is 2.40. The smallest absolute Gasteiger partial charge is 0.229 e. The molecule has 0 radical (unpaired) electrons. The van der Waals surface area contributed by atoms with Crippen molar-refractivity contribution in [1.29, 1.82) is 0 Å². The normalized spacial score (nSPS) is 14.3. The summed E-state index contributed by atoms with van der Waals surface area (Å²) in [6, 6.07) is 9.09. The zero-order valence-electron chi connectivity index (χ0n) is 14.6. The minimum Gasteiger partial charge on any atom is -0.229 e. The number of anilines is 1. The van der Waals surface area contributed by atoms with Gasteiger partial charge in [0.15, 0.2) is 0 Å². The van der Waals surface area contributed by atoms with Crippen molar-refractivity contribution in [3.63, 3.8) is 0 Å². The summed E-state index contributed by atoms with van der Waals surface area (Å²) < 4.78 is 3.71. The Balaban J connectivity index is 2.03. The van der Waals surface area contributed by atoms with E-state index in [4.69, 9.17) is 0 Å². The van der Waals surface area contributed by atoms with Crippen molar-refractivity contribution in [2.24, 2.45) is 0 Å². The number of hydrogen-bond donors (Lipinski definition) is 0. The third kappa shape index (κ3) is 3.16. The molecule has 0 fully saturated rings. The van der Waals surface area contributed by atoms with Crippen LogP contribution in [0.3, 0.4) is 0 Å². The minimum absolute atomic E-state index is 1.04. The Bertz CT molecular complexity index is 759. The third-order valence-electron chi connectivity index (χ3n) is 4.53. The number of benzene rings is 2. The van der Waals surface area contributed by atoms with Crippen LogP contribution in [0.4, 0.5) is 11.4 Å². The van der Waals surface area contributed by atoms with Crippen molar-refractivity contribution in [2.75, 3.05) is 18.0 Å². The van der Waals surface area contributed by atoms with Gasteiger partial charge in [0.25, 0.3) is 0 Å². The van der Waals surface area contributed by atoms with E-state index in [1.807, 2.05) is 0 Å². The van der Waals surface area contributed by atoms with E-state index < -0.39 is 0 Å². The molecule has 2 aromatic carbocycles. The van der Waals surface area contributed by atoms with Gasteiger partial charge in [-0.3, -0.25) is 0 Å². The molecule has 0 bridgehead atoms. The molecular formula is C20H24IN2+. The number of nitrogens with zero attached hydrogens (tertiary/aromatic N) is 2. The predicted octanol–water partition coefficient (Wildman–Crippen LogP) is 5.03. The maximum Gasteiger partial charge on any atom is 0.244 e. The van der Waals surface area contributed by atoms with Crippen molar-refractivity contribution in [3.05, 3.63) is 55.7 Å². The lowest BCUT2D eigenvalue weighted by Crippen LogP contribution is -2.20. The van der Waals surface area contributed by atoms with Crippen LogP contribution in [0.25, 0.3) is 0 Å². The monoisotopic (exact) mass is 419 g/mol. The quantitative estimate of drug-likeness (QED) is 0.489. The van der Waals surface area contributed by atoms with Gasteiger partial charge in [-0.25, -0.2) is 9.48 Å². The zero-order chi connectivity index (χ0) is 16.7. The van der Waals surface area contributed by atoms with Gasteiger partial charge in [0.2, 0.25) is 6.34 Å². The lowest BCUT2D eigenvalue weighted by Gasteiger charge is -2.13. The highest BCUT2D eigenvalue weighted by Gasteiger charge is 2.27. The summed E-state index contributed by atoms with van der Waals surface area (Å²) in [7, 11) is 0. The summed E-state index contributed by atoms with van der Waals surface area (Å²) in [5.41, 5.74) is 9.47. The number of hydrogen-bond acceptors (Lipinski definition) is 1. The molecule has 0 N–H and O–H groups in total. The standard InChI is InChI=1S/C20H24IN2/c1-13-8-14(2)19(15(3)9-13)22-6-7-23(12-22)20-16(4)10-18(21)11-17(20)5/h8-12H,6-7H2,1-5H3/q+1. The largest absolute Gasteiger partial charge is 0.244 e.